The number of carboxylic acids is 1. The molecule has 86 valence electrons. The van der Waals surface area contributed by atoms with E-state index in [4.69, 9.17) is 5.11 Å². The Morgan fingerprint density at radius 1 is 1.25 bits per heavy atom. The summed E-state index contributed by atoms with van der Waals surface area (Å²) in [6.45, 7) is 0. The molecular weight excluding hydrogens is 221 g/mol. The molecule has 1 fully saturated rings. The molecule has 1 aliphatic rings. The molecule has 1 unspecified atom stereocenters. The second-order valence-electron chi connectivity index (χ2n) is 3.91. The fourth-order valence-electron chi connectivity index (χ4n) is 1.76. The van der Waals surface area contributed by atoms with Gasteiger partial charge in [-0.15, -0.1) is 0 Å². The average Bonchev–Trinajstić information content (AvgIpc) is 2.96. The Labute approximate surface area is 89.7 Å². The Hall–Kier alpha value is -1.52. The van der Waals surface area contributed by atoms with Crippen LogP contribution in [0.4, 0.5) is 13.2 Å². The van der Waals surface area contributed by atoms with E-state index in [0.29, 0.717) is 12.0 Å². The van der Waals surface area contributed by atoms with E-state index in [0.717, 1.165) is 12.1 Å². The van der Waals surface area contributed by atoms with Crippen molar-refractivity contribution in [1.29, 1.82) is 0 Å². The second kappa shape index (κ2) is 3.50. The van der Waals surface area contributed by atoms with Crippen molar-refractivity contribution in [3.05, 3.63) is 35.4 Å². The van der Waals surface area contributed by atoms with Crippen molar-refractivity contribution >= 4 is 5.97 Å². The maximum absolute atomic E-state index is 12.2. The van der Waals surface area contributed by atoms with Crippen LogP contribution in [0.5, 0.6) is 0 Å². The van der Waals surface area contributed by atoms with Gasteiger partial charge in [-0.1, -0.05) is 12.1 Å². The summed E-state index contributed by atoms with van der Waals surface area (Å²) in [5, 5.41) is 8.69. The third kappa shape index (κ3) is 2.03. The van der Waals surface area contributed by atoms with Crippen LogP contribution < -0.4 is 0 Å². The molecule has 0 aromatic heterocycles. The second-order valence-corrected chi connectivity index (χ2v) is 3.91. The largest absolute Gasteiger partial charge is 0.481 e. The van der Waals surface area contributed by atoms with Gasteiger partial charge in [-0.05, 0) is 30.0 Å². The van der Waals surface area contributed by atoms with Crippen molar-refractivity contribution in [2.45, 2.75) is 18.5 Å². The quantitative estimate of drug-likeness (QED) is 0.848. The number of alkyl halides is 3. The van der Waals surface area contributed by atoms with E-state index >= 15 is 0 Å². The van der Waals surface area contributed by atoms with Crippen LogP contribution in [-0.2, 0) is 11.0 Å². The Morgan fingerprint density at radius 2 is 1.81 bits per heavy atom. The lowest BCUT2D eigenvalue weighted by atomic mass is 10.1. The molecule has 16 heavy (non-hydrogen) atoms. The highest BCUT2D eigenvalue weighted by molar-refractivity contribution is 5.75. The zero-order chi connectivity index (χ0) is 11.9. The van der Waals surface area contributed by atoms with Crippen molar-refractivity contribution in [2.75, 3.05) is 0 Å². The van der Waals surface area contributed by atoms with Crippen molar-refractivity contribution < 1.29 is 23.1 Å². The van der Waals surface area contributed by atoms with Gasteiger partial charge in [0.25, 0.3) is 0 Å². The molecule has 0 bridgehead atoms. The predicted octanol–water partition coefficient (Wildman–Crippen LogP) is 2.89. The van der Waals surface area contributed by atoms with E-state index in [2.05, 4.69) is 0 Å². The number of aliphatic carboxylic acids is 1. The van der Waals surface area contributed by atoms with E-state index < -0.39 is 23.6 Å². The first kappa shape index (κ1) is 11.0. The Balaban J connectivity index is 2.13. The molecule has 2 rings (SSSR count). The predicted molar refractivity (Wildman–Crippen MR) is 49.9 cm³/mol. The summed E-state index contributed by atoms with van der Waals surface area (Å²) < 4.78 is 36.7. The summed E-state index contributed by atoms with van der Waals surface area (Å²) in [7, 11) is 0. The van der Waals surface area contributed by atoms with Crippen LogP contribution in [0.2, 0.25) is 0 Å². The van der Waals surface area contributed by atoms with E-state index in [1.807, 2.05) is 0 Å². The Kier molecular flexibility index (Phi) is 2.40. The van der Waals surface area contributed by atoms with Gasteiger partial charge in [0.2, 0.25) is 0 Å². The molecule has 1 saturated carbocycles. The summed E-state index contributed by atoms with van der Waals surface area (Å²) in [5.74, 6) is -1.44. The molecule has 0 aliphatic heterocycles. The third-order valence-electron chi connectivity index (χ3n) is 2.77. The number of halogens is 3. The van der Waals surface area contributed by atoms with Crippen LogP contribution in [0.25, 0.3) is 0 Å². The topological polar surface area (TPSA) is 37.3 Å². The van der Waals surface area contributed by atoms with Crippen LogP contribution in [0.1, 0.15) is 23.5 Å². The van der Waals surface area contributed by atoms with E-state index in [1.165, 1.54) is 12.1 Å². The van der Waals surface area contributed by atoms with Gasteiger partial charge in [0.15, 0.2) is 0 Å². The molecule has 0 heterocycles. The van der Waals surface area contributed by atoms with Gasteiger partial charge in [-0.25, -0.2) is 0 Å². The molecule has 1 aromatic rings. The lowest BCUT2D eigenvalue weighted by Crippen LogP contribution is -2.04. The highest BCUT2D eigenvalue weighted by Gasteiger charge is 2.44. The highest BCUT2D eigenvalue weighted by atomic mass is 19.4. The standard InChI is InChI=1S/C11H9F3O2/c12-11(13,14)7-3-1-6(2-4-7)8-5-9(8)10(15)16/h1-4,8-9H,5H2,(H,15,16)/t8?,9-/m1/s1. The lowest BCUT2D eigenvalue weighted by molar-refractivity contribution is -0.139. The van der Waals surface area contributed by atoms with Gasteiger partial charge in [-0.3, -0.25) is 4.79 Å². The minimum Gasteiger partial charge on any atom is -0.481 e. The van der Waals surface area contributed by atoms with Crippen molar-refractivity contribution in [3.8, 4) is 0 Å². The summed E-state index contributed by atoms with van der Waals surface area (Å²) >= 11 is 0. The van der Waals surface area contributed by atoms with Gasteiger partial charge < -0.3 is 5.11 Å². The van der Waals surface area contributed by atoms with Crippen molar-refractivity contribution in [2.24, 2.45) is 5.92 Å². The highest BCUT2D eigenvalue weighted by Crippen LogP contribution is 2.47. The fourth-order valence-corrected chi connectivity index (χ4v) is 1.76. The molecular formula is C11H9F3O2. The molecule has 1 N–H and O–H groups in total. The molecule has 0 amide bonds. The molecule has 2 nitrogen and oxygen atoms in total. The summed E-state index contributed by atoms with van der Waals surface area (Å²) in [6.07, 6.45) is -3.82. The Bertz CT molecular complexity index is 408. The number of rotatable bonds is 2. The monoisotopic (exact) mass is 230 g/mol. The minimum atomic E-state index is -4.34. The first-order valence-electron chi connectivity index (χ1n) is 4.79. The van der Waals surface area contributed by atoms with Crippen molar-refractivity contribution in [3.63, 3.8) is 0 Å². The lowest BCUT2D eigenvalue weighted by Gasteiger charge is -2.07. The molecule has 0 radical (unpaired) electrons. The van der Waals surface area contributed by atoms with Gasteiger partial charge >= 0.3 is 12.1 Å². The summed E-state index contributed by atoms with van der Waals surface area (Å²) in [5.41, 5.74) is -0.0378. The summed E-state index contributed by atoms with van der Waals surface area (Å²) in [4.78, 5) is 10.6. The van der Waals surface area contributed by atoms with Gasteiger partial charge in [-0.2, -0.15) is 13.2 Å². The molecule has 5 heteroatoms. The molecule has 0 spiro atoms. The fraction of sp³-hybridized carbons (Fsp3) is 0.364. The molecule has 0 saturated heterocycles. The minimum absolute atomic E-state index is 0.125. The van der Waals surface area contributed by atoms with Crippen LogP contribution in [0, 0.1) is 5.92 Å². The SMILES string of the molecule is O=C(O)[C@@H]1CC1c1ccc(C(F)(F)F)cc1. The normalized spacial score (nSPS) is 24.2. The number of benzene rings is 1. The number of hydrogen-bond donors (Lipinski definition) is 1. The maximum atomic E-state index is 12.2. The Morgan fingerprint density at radius 3 is 2.19 bits per heavy atom. The summed E-state index contributed by atoms with van der Waals surface area (Å²) in [6, 6.07) is 4.70. The zero-order valence-electron chi connectivity index (χ0n) is 8.16. The third-order valence-corrected chi connectivity index (χ3v) is 2.77. The molecule has 2 atom stereocenters. The zero-order valence-corrected chi connectivity index (χ0v) is 8.16. The maximum Gasteiger partial charge on any atom is 0.416 e. The van der Waals surface area contributed by atoms with E-state index in [9.17, 15) is 18.0 Å². The molecule has 1 aromatic carbocycles. The smallest absolute Gasteiger partial charge is 0.416 e. The van der Waals surface area contributed by atoms with Crippen LogP contribution >= 0.6 is 0 Å². The number of hydrogen-bond acceptors (Lipinski definition) is 1. The van der Waals surface area contributed by atoms with Crippen molar-refractivity contribution in [1.82, 2.24) is 0 Å². The number of carbonyl (C=O) groups is 1. The van der Waals surface area contributed by atoms with Gasteiger partial charge in [0.1, 0.15) is 0 Å². The van der Waals surface area contributed by atoms with Crippen LogP contribution in [-0.4, -0.2) is 11.1 Å². The number of carboxylic acid groups (broad SMARTS) is 1. The van der Waals surface area contributed by atoms with Gasteiger partial charge in [0, 0.05) is 0 Å². The first-order valence-corrected chi connectivity index (χ1v) is 4.79. The average molecular weight is 230 g/mol. The van der Waals surface area contributed by atoms with Gasteiger partial charge in [0.05, 0.1) is 11.5 Å². The molecule has 1 aliphatic carbocycles. The van der Waals surface area contributed by atoms with E-state index in [1.54, 1.807) is 0 Å². The van der Waals surface area contributed by atoms with Crippen LogP contribution in [0.3, 0.4) is 0 Å². The van der Waals surface area contributed by atoms with Crippen LogP contribution in [0.15, 0.2) is 24.3 Å². The first-order chi connectivity index (χ1) is 7.39. The van der Waals surface area contributed by atoms with E-state index in [-0.39, 0.29) is 5.92 Å².